The van der Waals surface area contributed by atoms with E-state index in [-0.39, 0.29) is 12.1 Å². The minimum atomic E-state index is -0.302. The topological polar surface area (TPSA) is 53.4 Å². The third-order valence-electron chi connectivity index (χ3n) is 5.46. The second-order valence-corrected chi connectivity index (χ2v) is 7.82. The van der Waals surface area contributed by atoms with Gasteiger partial charge < -0.3 is 9.47 Å². The van der Waals surface area contributed by atoms with Crippen molar-refractivity contribution in [2.75, 3.05) is 6.61 Å². The highest BCUT2D eigenvalue weighted by atomic mass is 16.5. The van der Waals surface area contributed by atoms with Gasteiger partial charge in [-0.25, -0.2) is 9.48 Å². The first-order valence-electron chi connectivity index (χ1n) is 11.1. The van der Waals surface area contributed by atoms with Crippen LogP contribution >= 0.6 is 0 Å². The predicted molar refractivity (Wildman–Crippen MR) is 126 cm³/mol. The number of aryl methyl sites for hydroxylation is 1. The Bertz CT molecular complexity index is 1190. The lowest BCUT2D eigenvalue weighted by Crippen LogP contribution is -2.09. The first-order valence-corrected chi connectivity index (χ1v) is 11.1. The quantitative estimate of drug-likeness (QED) is 0.303. The van der Waals surface area contributed by atoms with Crippen molar-refractivity contribution in [2.45, 2.75) is 39.7 Å². The van der Waals surface area contributed by atoms with Crippen LogP contribution < -0.4 is 4.74 Å². The Hall–Kier alpha value is -3.60. The number of carbonyl (C=O) groups excluding carboxylic acids is 1. The highest BCUT2D eigenvalue weighted by Gasteiger charge is 2.15. The number of carbonyl (C=O) groups is 1. The Kier molecular flexibility index (Phi) is 6.55. The van der Waals surface area contributed by atoms with E-state index in [9.17, 15) is 4.79 Å². The summed E-state index contributed by atoms with van der Waals surface area (Å²) in [7, 11) is 0. The number of hydrogen-bond donors (Lipinski definition) is 0. The standard InChI is InChI=1S/C27H28N2O3/c1-4-7-25(20-10-12-21(13-11-20)27(30)31-5-2)32-24-16-14-23(15-17-24)29-18-22-9-6-8-19(3)26(22)28-29/h6,8-18,25H,4-5,7H2,1-3H3. The van der Waals surface area contributed by atoms with Crippen molar-refractivity contribution in [1.82, 2.24) is 9.78 Å². The largest absolute Gasteiger partial charge is 0.486 e. The SMILES string of the molecule is CCCC(Oc1ccc(-n2cc3cccc(C)c3n2)cc1)c1ccc(C(=O)OCC)cc1. The second-order valence-electron chi connectivity index (χ2n) is 7.82. The molecule has 1 atom stereocenters. The molecule has 5 heteroatoms. The molecule has 0 bridgehead atoms. The molecule has 164 valence electrons. The van der Waals surface area contributed by atoms with Crippen LogP contribution in [0.5, 0.6) is 5.75 Å². The van der Waals surface area contributed by atoms with Crippen molar-refractivity contribution < 1.29 is 14.3 Å². The number of hydrogen-bond acceptors (Lipinski definition) is 4. The number of fused-ring (bicyclic) bond motifs is 1. The molecule has 1 heterocycles. The first kappa shape index (κ1) is 21.6. The van der Waals surface area contributed by atoms with Crippen LogP contribution in [-0.2, 0) is 4.74 Å². The first-order chi connectivity index (χ1) is 15.6. The van der Waals surface area contributed by atoms with Gasteiger partial charge in [-0.2, -0.15) is 5.10 Å². The Morgan fingerprint density at radius 3 is 2.41 bits per heavy atom. The normalized spacial score (nSPS) is 12.0. The Morgan fingerprint density at radius 2 is 1.75 bits per heavy atom. The van der Waals surface area contributed by atoms with Crippen LogP contribution in [0.4, 0.5) is 0 Å². The minimum absolute atomic E-state index is 0.0861. The van der Waals surface area contributed by atoms with Gasteiger partial charge in [0, 0.05) is 11.6 Å². The molecule has 0 radical (unpaired) electrons. The number of esters is 1. The van der Waals surface area contributed by atoms with E-state index >= 15 is 0 Å². The Balaban J connectivity index is 1.51. The van der Waals surface area contributed by atoms with Crippen LogP contribution in [0.15, 0.2) is 72.9 Å². The molecule has 32 heavy (non-hydrogen) atoms. The van der Waals surface area contributed by atoms with E-state index in [1.54, 1.807) is 19.1 Å². The summed E-state index contributed by atoms with van der Waals surface area (Å²) in [6.45, 7) is 6.38. The molecule has 0 aliphatic carbocycles. The lowest BCUT2D eigenvalue weighted by atomic mass is 10.0. The van der Waals surface area contributed by atoms with E-state index in [0.29, 0.717) is 12.2 Å². The summed E-state index contributed by atoms with van der Waals surface area (Å²) in [5.41, 5.74) is 4.76. The van der Waals surface area contributed by atoms with E-state index in [0.717, 1.165) is 46.3 Å². The highest BCUT2D eigenvalue weighted by molar-refractivity contribution is 5.89. The second kappa shape index (κ2) is 9.69. The van der Waals surface area contributed by atoms with E-state index < -0.39 is 0 Å². The lowest BCUT2D eigenvalue weighted by Gasteiger charge is -2.19. The molecule has 0 fully saturated rings. The van der Waals surface area contributed by atoms with Gasteiger partial charge in [-0.3, -0.25) is 0 Å². The molecule has 0 N–H and O–H groups in total. The summed E-state index contributed by atoms with van der Waals surface area (Å²) >= 11 is 0. The third kappa shape index (κ3) is 4.67. The molecule has 0 amide bonds. The van der Waals surface area contributed by atoms with E-state index in [2.05, 4.69) is 26.0 Å². The summed E-state index contributed by atoms with van der Waals surface area (Å²) in [4.78, 5) is 11.9. The van der Waals surface area contributed by atoms with Crippen LogP contribution in [0.25, 0.3) is 16.6 Å². The van der Waals surface area contributed by atoms with E-state index in [4.69, 9.17) is 14.6 Å². The maximum atomic E-state index is 11.9. The average Bonchev–Trinajstić information content (AvgIpc) is 3.25. The molecule has 0 spiro atoms. The van der Waals surface area contributed by atoms with Crippen LogP contribution in [0.1, 0.15) is 54.3 Å². The summed E-state index contributed by atoms with van der Waals surface area (Å²) in [5.74, 6) is 0.499. The molecule has 4 aromatic rings. The van der Waals surface area contributed by atoms with Gasteiger partial charge in [0.1, 0.15) is 11.9 Å². The number of ether oxygens (including phenoxy) is 2. The summed E-state index contributed by atoms with van der Waals surface area (Å²) < 4.78 is 13.3. The average molecular weight is 429 g/mol. The van der Waals surface area contributed by atoms with Gasteiger partial charge in [0.05, 0.1) is 23.4 Å². The molecule has 4 rings (SSSR count). The lowest BCUT2D eigenvalue weighted by molar-refractivity contribution is 0.0526. The zero-order chi connectivity index (χ0) is 22.5. The van der Waals surface area contributed by atoms with Crippen molar-refractivity contribution >= 4 is 16.9 Å². The van der Waals surface area contributed by atoms with Gasteiger partial charge in [0.2, 0.25) is 0 Å². The van der Waals surface area contributed by atoms with Gasteiger partial charge in [-0.05, 0) is 67.8 Å². The van der Waals surface area contributed by atoms with Crippen molar-refractivity contribution in [2.24, 2.45) is 0 Å². The monoisotopic (exact) mass is 428 g/mol. The van der Waals surface area contributed by atoms with Crippen LogP contribution in [-0.4, -0.2) is 22.4 Å². The molecular formula is C27H28N2O3. The fourth-order valence-corrected chi connectivity index (χ4v) is 3.77. The smallest absolute Gasteiger partial charge is 0.338 e. The van der Waals surface area contributed by atoms with Crippen molar-refractivity contribution in [3.05, 3.63) is 89.6 Å². The Labute approximate surface area is 188 Å². The van der Waals surface area contributed by atoms with Gasteiger partial charge in [-0.1, -0.05) is 43.7 Å². The Morgan fingerprint density at radius 1 is 1.00 bits per heavy atom. The number of aromatic nitrogens is 2. The molecule has 0 saturated carbocycles. The van der Waals surface area contributed by atoms with Crippen LogP contribution in [0, 0.1) is 6.92 Å². The zero-order valence-corrected chi connectivity index (χ0v) is 18.7. The molecule has 0 saturated heterocycles. The van der Waals surface area contributed by atoms with Gasteiger partial charge in [0.25, 0.3) is 0 Å². The summed E-state index contributed by atoms with van der Waals surface area (Å²) in [6, 6.07) is 21.7. The summed E-state index contributed by atoms with van der Waals surface area (Å²) in [6.07, 6.45) is 3.83. The predicted octanol–water partition coefficient (Wildman–Crippen LogP) is 6.43. The molecule has 5 nitrogen and oxygen atoms in total. The number of rotatable bonds is 8. The minimum Gasteiger partial charge on any atom is -0.486 e. The fraction of sp³-hybridized carbons (Fsp3) is 0.259. The summed E-state index contributed by atoms with van der Waals surface area (Å²) in [5, 5.41) is 5.85. The maximum absolute atomic E-state index is 11.9. The molecule has 1 unspecified atom stereocenters. The zero-order valence-electron chi connectivity index (χ0n) is 18.7. The van der Waals surface area contributed by atoms with E-state index in [1.807, 2.05) is 53.3 Å². The highest BCUT2D eigenvalue weighted by Crippen LogP contribution is 2.28. The molecule has 3 aromatic carbocycles. The maximum Gasteiger partial charge on any atom is 0.338 e. The van der Waals surface area contributed by atoms with Crippen molar-refractivity contribution in [3.63, 3.8) is 0 Å². The number of nitrogens with zero attached hydrogens (tertiary/aromatic N) is 2. The molecule has 0 aliphatic rings. The molecule has 1 aromatic heterocycles. The number of benzene rings is 3. The van der Waals surface area contributed by atoms with Crippen molar-refractivity contribution in [3.8, 4) is 11.4 Å². The van der Waals surface area contributed by atoms with E-state index in [1.165, 1.54) is 0 Å². The van der Waals surface area contributed by atoms with Gasteiger partial charge >= 0.3 is 5.97 Å². The van der Waals surface area contributed by atoms with Crippen LogP contribution in [0.3, 0.4) is 0 Å². The third-order valence-corrected chi connectivity index (χ3v) is 5.46. The van der Waals surface area contributed by atoms with Gasteiger partial charge in [-0.15, -0.1) is 0 Å². The van der Waals surface area contributed by atoms with Gasteiger partial charge in [0.15, 0.2) is 0 Å². The fourth-order valence-electron chi connectivity index (χ4n) is 3.77. The van der Waals surface area contributed by atoms with Crippen LogP contribution in [0.2, 0.25) is 0 Å². The molecular weight excluding hydrogens is 400 g/mol. The molecule has 0 aliphatic heterocycles. The van der Waals surface area contributed by atoms with Crippen molar-refractivity contribution in [1.29, 1.82) is 0 Å².